The van der Waals surface area contributed by atoms with Gasteiger partial charge in [0.25, 0.3) is 5.91 Å². The molecule has 25 heavy (non-hydrogen) atoms. The zero-order valence-corrected chi connectivity index (χ0v) is 14.2. The SMILES string of the molecule is O=C(c1ccc(F)c(F)c1F)N1CCN(CCC2=CCCCC2)CC1. The Bertz CT molecular complexity index is 667. The Morgan fingerprint density at radius 3 is 2.44 bits per heavy atom. The quantitative estimate of drug-likeness (QED) is 0.609. The lowest BCUT2D eigenvalue weighted by Gasteiger charge is -2.35. The first-order valence-electron chi connectivity index (χ1n) is 8.89. The average molecular weight is 352 g/mol. The molecule has 0 radical (unpaired) electrons. The number of benzene rings is 1. The minimum atomic E-state index is -1.59. The number of hydrogen-bond acceptors (Lipinski definition) is 2. The summed E-state index contributed by atoms with van der Waals surface area (Å²) in [4.78, 5) is 16.2. The van der Waals surface area contributed by atoms with Crippen molar-refractivity contribution in [2.45, 2.75) is 32.1 Å². The maximum absolute atomic E-state index is 13.8. The van der Waals surface area contributed by atoms with Crippen molar-refractivity contribution >= 4 is 5.91 Å². The normalized spacial score (nSPS) is 19.0. The third kappa shape index (κ3) is 4.24. The van der Waals surface area contributed by atoms with Gasteiger partial charge in [0.15, 0.2) is 17.5 Å². The third-order valence-corrected chi connectivity index (χ3v) is 5.06. The maximum Gasteiger partial charge on any atom is 0.257 e. The van der Waals surface area contributed by atoms with Crippen molar-refractivity contribution < 1.29 is 18.0 Å². The lowest BCUT2D eigenvalue weighted by molar-refractivity contribution is 0.0632. The fraction of sp³-hybridized carbons (Fsp3) is 0.526. The van der Waals surface area contributed by atoms with Crippen LogP contribution >= 0.6 is 0 Å². The van der Waals surface area contributed by atoms with Crippen LogP contribution in [0.2, 0.25) is 0 Å². The van der Waals surface area contributed by atoms with Gasteiger partial charge in [-0.1, -0.05) is 11.6 Å². The van der Waals surface area contributed by atoms with E-state index in [-0.39, 0.29) is 0 Å². The Morgan fingerprint density at radius 1 is 1.00 bits per heavy atom. The van der Waals surface area contributed by atoms with E-state index in [2.05, 4.69) is 11.0 Å². The molecule has 1 aromatic rings. The number of rotatable bonds is 4. The van der Waals surface area contributed by atoms with Crippen LogP contribution in [0.1, 0.15) is 42.5 Å². The topological polar surface area (TPSA) is 23.6 Å². The molecule has 3 rings (SSSR count). The number of allylic oxidation sites excluding steroid dienone is 1. The predicted octanol–water partition coefficient (Wildman–Crippen LogP) is 3.75. The molecule has 0 N–H and O–H groups in total. The van der Waals surface area contributed by atoms with Crippen LogP contribution in [0, 0.1) is 17.5 Å². The third-order valence-electron chi connectivity index (χ3n) is 5.06. The smallest absolute Gasteiger partial charge is 0.257 e. The molecule has 0 bridgehead atoms. The van der Waals surface area contributed by atoms with E-state index in [4.69, 9.17) is 0 Å². The minimum Gasteiger partial charge on any atom is -0.336 e. The molecule has 136 valence electrons. The van der Waals surface area contributed by atoms with Gasteiger partial charge in [-0.2, -0.15) is 0 Å². The van der Waals surface area contributed by atoms with Gasteiger partial charge in [0.2, 0.25) is 0 Å². The second-order valence-electron chi connectivity index (χ2n) is 6.71. The lowest BCUT2D eigenvalue weighted by atomic mass is 9.97. The summed E-state index contributed by atoms with van der Waals surface area (Å²) in [6.45, 7) is 3.33. The van der Waals surface area contributed by atoms with Crippen molar-refractivity contribution in [2.75, 3.05) is 32.7 Å². The molecule has 6 heteroatoms. The first-order valence-corrected chi connectivity index (χ1v) is 8.89. The van der Waals surface area contributed by atoms with Gasteiger partial charge in [0.05, 0.1) is 5.56 Å². The number of carbonyl (C=O) groups excluding carboxylic acids is 1. The highest BCUT2D eigenvalue weighted by Crippen LogP contribution is 2.21. The van der Waals surface area contributed by atoms with E-state index in [0.29, 0.717) is 26.2 Å². The molecule has 0 saturated carbocycles. The van der Waals surface area contributed by atoms with Gasteiger partial charge in [0, 0.05) is 32.7 Å². The lowest BCUT2D eigenvalue weighted by Crippen LogP contribution is -2.49. The zero-order valence-electron chi connectivity index (χ0n) is 14.2. The molecule has 2 aliphatic rings. The summed E-state index contributed by atoms with van der Waals surface area (Å²) in [7, 11) is 0. The second kappa shape index (κ2) is 8.04. The zero-order chi connectivity index (χ0) is 17.8. The van der Waals surface area contributed by atoms with E-state index in [1.165, 1.54) is 36.2 Å². The molecule has 1 aliphatic carbocycles. The summed E-state index contributed by atoms with van der Waals surface area (Å²) in [6, 6.07) is 1.80. The molecule has 1 amide bonds. The van der Waals surface area contributed by atoms with Gasteiger partial charge in [0.1, 0.15) is 0 Å². The van der Waals surface area contributed by atoms with Gasteiger partial charge in [-0.05, 0) is 44.2 Å². The van der Waals surface area contributed by atoms with E-state index in [1.54, 1.807) is 0 Å². The number of halogens is 3. The number of nitrogens with zero attached hydrogens (tertiary/aromatic N) is 2. The van der Waals surface area contributed by atoms with Crippen LogP contribution in [-0.4, -0.2) is 48.4 Å². The molecule has 0 spiro atoms. The fourth-order valence-electron chi connectivity index (χ4n) is 3.47. The summed E-state index contributed by atoms with van der Waals surface area (Å²) in [5.41, 5.74) is 1.12. The molecular formula is C19H23F3N2O. The second-order valence-corrected chi connectivity index (χ2v) is 6.71. The standard InChI is InChI=1S/C19H23F3N2O/c20-16-7-6-15(17(21)18(16)22)19(25)24-12-10-23(11-13-24)9-8-14-4-2-1-3-5-14/h4,6-7H,1-3,5,8-13H2. The number of amides is 1. The number of hydrogen-bond donors (Lipinski definition) is 0. The highest BCUT2D eigenvalue weighted by atomic mass is 19.2. The highest BCUT2D eigenvalue weighted by molar-refractivity contribution is 5.94. The van der Waals surface area contributed by atoms with Crippen molar-refractivity contribution in [1.29, 1.82) is 0 Å². The van der Waals surface area contributed by atoms with E-state index in [0.717, 1.165) is 25.1 Å². The van der Waals surface area contributed by atoms with Gasteiger partial charge in [-0.25, -0.2) is 13.2 Å². The Balaban J connectivity index is 1.52. The van der Waals surface area contributed by atoms with E-state index in [9.17, 15) is 18.0 Å². The Kier molecular flexibility index (Phi) is 5.78. The number of carbonyl (C=O) groups is 1. The molecular weight excluding hydrogens is 329 g/mol. The number of piperazine rings is 1. The summed E-state index contributed by atoms with van der Waals surface area (Å²) >= 11 is 0. The van der Waals surface area contributed by atoms with Crippen LogP contribution in [0.3, 0.4) is 0 Å². The van der Waals surface area contributed by atoms with E-state index >= 15 is 0 Å². The first-order chi connectivity index (χ1) is 12.1. The van der Waals surface area contributed by atoms with Crippen molar-refractivity contribution in [3.05, 3.63) is 46.8 Å². The Hall–Kier alpha value is -1.82. The average Bonchev–Trinajstić information content (AvgIpc) is 2.65. The summed E-state index contributed by atoms with van der Waals surface area (Å²) in [6.07, 6.45) is 8.32. The largest absolute Gasteiger partial charge is 0.336 e. The van der Waals surface area contributed by atoms with Crippen LogP contribution in [0.25, 0.3) is 0 Å². The summed E-state index contributed by atoms with van der Waals surface area (Å²) in [5.74, 6) is -4.86. The fourth-order valence-corrected chi connectivity index (χ4v) is 3.47. The molecule has 0 aromatic heterocycles. The Labute approximate surface area is 146 Å². The molecule has 1 heterocycles. The molecule has 3 nitrogen and oxygen atoms in total. The van der Waals surface area contributed by atoms with Crippen LogP contribution in [0.5, 0.6) is 0 Å². The molecule has 0 unspecified atom stereocenters. The van der Waals surface area contributed by atoms with Gasteiger partial charge in [-0.3, -0.25) is 9.69 Å². The van der Waals surface area contributed by atoms with Crippen LogP contribution in [0.4, 0.5) is 13.2 Å². The van der Waals surface area contributed by atoms with Crippen molar-refractivity contribution in [1.82, 2.24) is 9.80 Å². The van der Waals surface area contributed by atoms with Gasteiger partial charge < -0.3 is 4.90 Å². The van der Waals surface area contributed by atoms with Gasteiger partial charge in [-0.15, -0.1) is 0 Å². The molecule has 1 aliphatic heterocycles. The molecule has 1 saturated heterocycles. The summed E-state index contributed by atoms with van der Waals surface area (Å²) < 4.78 is 40.1. The van der Waals surface area contributed by atoms with Crippen molar-refractivity contribution in [3.8, 4) is 0 Å². The van der Waals surface area contributed by atoms with Gasteiger partial charge >= 0.3 is 0 Å². The van der Waals surface area contributed by atoms with E-state index < -0.39 is 28.9 Å². The maximum atomic E-state index is 13.8. The van der Waals surface area contributed by atoms with Crippen molar-refractivity contribution in [3.63, 3.8) is 0 Å². The molecule has 1 aromatic carbocycles. The Morgan fingerprint density at radius 2 is 1.76 bits per heavy atom. The summed E-state index contributed by atoms with van der Waals surface area (Å²) in [5, 5.41) is 0. The predicted molar refractivity (Wildman–Crippen MR) is 89.8 cm³/mol. The molecule has 0 atom stereocenters. The minimum absolute atomic E-state index is 0.403. The van der Waals surface area contributed by atoms with Crippen LogP contribution in [-0.2, 0) is 0 Å². The monoisotopic (exact) mass is 352 g/mol. The molecule has 1 fully saturated rings. The van der Waals surface area contributed by atoms with Crippen LogP contribution < -0.4 is 0 Å². The first kappa shape index (κ1) is 18.0. The van der Waals surface area contributed by atoms with Crippen LogP contribution in [0.15, 0.2) is 23.8 Å². The highest BCUT2D eigenvalue weighted by Gasteiger charge is 2.26. The van der Waals surface area contributed by atoms with E-state index in [1.807, 2.05) is 0 Å². The van der Waals surface area contributed by atoms with Crippen molar-refractivity contribution in [2.24, 2.45) is 0 Å².